The van der Waals surface area contributed by atoms with Crippen LogP contribution in [0.15, 0.2) is 48.7 Å². The molecule has 1 unspecified atom stereocenters. The lowest BCUT2D eigenvalue weighted by molar-refractivity contribution is -0.119. The lowest BCUT2D eigenvalue weighted by Gasteiger charge is -2.12. The Morgan fingerprint density at radius 2 is 2.05 bits per heavy atom. The minimum absolute atomic E-state index is 0.0100. The highest BCUT2D eigenvalue weighted by Crippen LogP contribution is 2.15. The third kappa shape index (κ3) is 5.13. The SMILES string of the molecule is O=C(CSCc1ccccn1)NCC(O)c1ccccc1F. The van der Waals surface area contributed by atoms with E-state index in [0.717, 1.165) is 5.69 Å². The van der Waals surface area contributed by atoms with Crippen LogP contribution in [0.2, 0.25) is 0 Å². The van der Waals surface area contributed by atoms with Crippen LogP contribution >= 0.6 is 11.8 Å². The molecule has 0 saturated carbocycles. The summed E-state index contributed by atoms with van der Waals surface area (Å²) in [6.45, 7) is -0.0100. The summed E-state index contributed by atoms with van der Waals surface area (Å²) in [6, 6.07) is 11.6. The molecule has 0 aliphatic carbocycles. The fraction of sp³-hybridized carbons (Fsp3) is 0.250. The molecule has 1 aromatic heterocycles. The van der Waals surface area contributed by atoms with Crippen molar-refractivity contribution in [3.63, 3.8) is 0 Å². The van der Waals surface area contributed by atoms with Crippen LogP contribution in [0.1, 0.15) is 17.4 Å². The topological polar surface area (TPSA) is 62.2 Å². The third-order valence-corrected chi connectivity index (χ3v) is 3.93. The standard InChI is InChI=1S/C16H17FN2O2S/c17-14-7-2-1-6-13(14)15(20)9-19-16(21)11-22-10-12-5-3-4-8-18-12/h1-8,15,20H,9-11H2,(H,19,21). The molecule has 0 bridgehead atoms. The van der Waals surface area contributed by atoms with Crippen LogP contribution in [0.25, 0.3) is 0 Å². The van der Waals surface area contributed by atoms with Crippen molar-refractivity contribution >= 4 is 17.7 Å². The average molecular weight is 320 g/mol. The highest BCUT2D eigenvalue weighted by Gasteiger charge is 2.13. The highest BCUT2D eigenvalue weighted by atomic mass is 32.2. The van der Waals surface area contributed by atoms with Crippen LogP contribution < -0.4 is 5.32 Å². The van der Waals surface area contributed by atoms with Crippen LogP contribution in [0.3, 0.4) is 0 Å². The Hall–Kier alpha value is -1.92. The molecule has 0 radical (unpaired) electrons. The van der Waals surface area contributed by atoms with Crippen molar-refractivity contribution < 1.29 is 14.3 Å². The molecule has 2 N–H and O–H groups in total. The zero-order valence-corrected chi connectivity index (χ0v) is 12.7. The number of rotatable bonds is 7. The predicted octanol–water partition coefficient (Wildman–Crippen LogP) is 2.30. The van der Waals surface area contributed by atoms with Gasteiger partial charge in [0.1, 0.15) is 5.82 Å². The summed E-state index contributed by atoms with van der Waals surface area (Å²) in [5.74, 6) is 0.232. The molecule has 4 nitrogen and oxygen atoms in total. The number of thioether (sulfide) groups is 1. The molecule has 1 heterocycles. The summed E-state index contributed by atoms with van der Waals surface area (Å²) in [5, 5.41) is 12.5. The highest BCUT2D eigenvalue weighted by molar-refractivity contribution is 7.99. The lowest BCUT2D eigenvalue weighted by atomic mass is 10.1. The first-order chi connectivity index (χ1) is 10.7. The summed E-state index contributed by atoms with van der Waals surface area (Å²) in [7, 11) is 0. The molecule has 0 spiro atoms. The number of halogens is 1. The number of hydrogen-bond donors (Lipinski definition) is 2. The molecule has 0 fully saturated rings. The Bertz CT molecular complexity index is 610. The quantitative estimate of drug-likeness (QED) is 0.822. The number of carbonyl (C=O) groups excluding carboxylic acids is 1. The van der Waals surface area contributed by atoms with E-state index in [1.54, 1.807) is 18.3 Å². The summed E-state index contributed by atoms with van der Waals surface area (Å²) >= 11 is 1.43. The van der Waals surface area contributed by atoms with E-state index in [-0.39, 0.29) is 23.8 Å². The van der Waals surface area contributed by atoms with Crippen LogP contribution in [0.5, 0.6) is 0 Å². The Balaban J connectivity index is 1.70. The van der Waals surface area contributed by atoms with Crippen molar-refractivity contribution in [2.75, 3.05) is 12.3 Å². The Kier molecular flexibility index (Phi) is 6.36. The van der Waals surface area contributed by atoms with Gasteiger partial charge in [0.15, 0.2) is 0 Å². The van der Waals surface area contributed by atoms with Crippen LogP contribution in [0.4, 0.5) is 4.39 Å². The van der Waals surface area contributed by atoms with E-state index in [1.165, 1.54) is 23.9 Å². The van der Waals surface area contributed by atoms with Gasteiger partial charge >= 0.3 is 0 Å². The van der Waals surface area contributed by atoms with E-state index in [1.807, 2.05) is 18.2 Å². The van der Waals surface area contributed by atoms with Gasteiger partial charge in [0, 0.05) is 24.1 Å². The van der Waals surface area contributed by atoms with Crippen molar-refractivity contribution in [2.45, 2.75) is 11.9 Å². The molecule has 1 amide bonds. The molecular formula is C16H17FN2O2S. The number of hydrogen-bond acceptors (Lipinski definition) is 4. The second-order valence-electron chi connectivity index (χ2n) is 4.66. The summed E-state index contributed by atoms with van der Waals surface area (Å²) < 4.78 is 13.5. The number of nitrogens with one attached hydrogen (secondary N) is 1. The van der Waals surface area contributed by atoms with Crippen molar-refractivity contribution in [1.29, 1.82) is 0 Å². The largest absolute Gasteiger partial charge is 0.386 e. The molecule has 22 heavy (non-hydrogen) atoms. The number of nitrogens with zero attached hydrogens (tertiary/aromatic N) is 1. The van der Waals surface area contributed by atoms with E-state index in [4.69, 9.17) is 0 Å². The summed E-state index contributed by atoms with van der Waals surface area (Å²) in [4.78, 5) is 15.9. The zero-order chi connectivity index (χ0) is 15.8. The van der Waals surface area contributed by atoms with E-state index in [9.17, 15) is 14.3 Å². The maximum absolute atomic E-state index is 13.5. The van der Waals surface area contributed by atoms with Crippen molar-refractivity contribution in [1.82, 2.24) is 10.3 Å². The van der Waals surface area contributed by atoms with Gasteiger partial charge in [-0.3, -0.25) is 9.78 Å². The maximum atomic E-state index is 13.5. The molecule has 0 saturated heterocycles. The molecule has 2 rings (SSSR count). The van der Waals surface area contributed by atoms with Gasteiger partial charge in [-0.1, -0.05) is 24.3 Å². The van der Waals surface area contributed by atoms with Crippen LogP contribution in [0, 0.1) is 5.82 Å². The molecular weight excluding hydrogens is 303 g/mol. The number of carbonyl (C=O) groups is 1. The third-order valence-electron chi connectivity index (χ3n) is 2.97. The molecule has 6 heteroatoms. The zero-order valence-electron chi connectivity index (χ0n) is 11.9. The first-order valence-corrected chi connectivity index (χ1v) is 7.99. The second-order valence-corrected chi connectivity index (χ2v) is 5.64. The van der Waals surface area contributed by atoms with Crippen molar-refractivity contribution in [3.05, 3.63) is 65.7 Å². The fourth-order valence-electron chi connectivity index (χ4n) is 1.85. The lowest BCUT2D eigenvalue weighted by Crippen LogP contribution is -2.30. The molecule has 1 aromatic carbocycles. The smallest absolute Gasteiger partial charge is 0.230 e. The van der Waals surface area contributed by atoms with Gasteiger partial charge < -0.3 is 10.4 Å². The van der Waals surface area contributed by atoms with Gasteiger partial charge in [-0.05, 0) is 18.2 Å². The Labute approximate surface area is 132 Å². The number of benzene rings is 1. The average Bonchev–Trinajstić information content (AvgIpc) is 2.54. The number of pyridine rings is 1. The van der Waals surface area contributed by atoms with Gasteiger partial charge in [0.05, 0.1) is 17.6 Å². The second kappa shape index (κ2) is 8.51. The number of aliphatic hydroxyl groups is 1. The Morgan fingerprint density at radius 1 is 1.27 bits per heavy atom. The minimum Gasteiger partial charge on any atom is -0.386 e. The van der Waals surface area contributed by atoms with Gasteiger partial charge in [-0.2, -0.15) is 0 Å². The summed E-state index contributed by atoms with van der Waals surface area (Å²) in [6.07, 6.45) is 0.659. The Morgan fingerprint density at radius 3 is 2.77 bits per heavy atom. The van der Waals surface area contributed by atoms with E-state index < -0.39 is 11.9 Å². The van der Waals surface area contributed by atoms with Crippen LogP contribution in [-0.4, -0.2) is 28.3 Å². The normalized spacial score (nSPS) is 11.9. The van der Waals surface area contributed by atoms with Crippen LogP contribution in [-0.2, 0) is 10.5 Å². The van der Waals surface area contributed by atoms with Gasteiger partial charge in [0.2, 0.25) is 5.91 Å². The number of aliphatic hydroxyl groups excluding tert-OH is 1. The van der Waals surface area contributed by atoms with Crippen molar-refractivity contribution in [3.8, 4) is 0 Å². The molecule has 0 aliphatic heterocycles. The van der Waals surface area contributed by atoms with E-state index in [2.05, 4.69) is 10.3 Å². The molecule has 2 aromatic rings. The first kappa shape index (κ1) is 16.5. The minimum atomic E-state index is -1.05. The maximum Gasteiger partial charge on any atom is 0.230 e. The van der Waals surface area contributed by atoms with E-state index in [0.29, 0.717) is 5.75 Å². The van der Waals surface area contributed by atoms with Gasteiger partial charge in [-0.15, -0.1) is 11.8 Å². The fourth-order valence-corrected chi connectivity index (χ4v) is 2.62. The molecule has 116 valence electrons. The van der Waals surface area contributed by atoms with Gasteiger partial charge in [0.25, 0.3) is 0 Å². The van der Waals surface area contributed by atoms with Crippen molar-refractivity contribution in [2.24, 2.45) is 0 Å². The monoisotopic (exact) mass is 320 g/mol. The molecule has 1 atom stereocenters. The predicted molar refractivity (Wildman–Crippen MR) is 84.8 cm³/mol. The number of amides is 1. The summed E-state index contributed by atoms with van der Waals surface area (Å²) in [5.41, 5.74) is 1.09. The van der Waals surface area contributed by atoms with Gasteiger partial charge in [-0.25, -0.2) is 4.39 Å². The first-order valence-electron chi connectivity index (χ1n) is 6.83. The molecule has 0 aliphatic rings. The number of aromatic nitrogens is 1. The van der Waals surface area contributed by atoms with E-state index >= 15 is 0 Å².